The number of rotatable bonds is 6. The van der Waals surface area contributed by atoms with Crippen molar-refractivity contribution in [2.75, 3.05) is 24.3 Å². The van der Waals surface area contributed by atoms with E-state index in [1.54, 1.807) is 0 Å². The number of nitrogens with one attached hydrogen (secondary N) is 1. The Balaban J connectivity index is 1.56. The second-order valence-corrected chi connectivity index (χ2v) is 7.23. The first-order valence-corrected chi connectivity index (χ1v) is 9.13. The van der Waals surface area contributed by atoms with Crippen LogP contribution < -0.4 is 10.2 Å². The zero-order valence-electron chi connectivity index (χ0n) is 14.8. The SMILES string of the molecule is CN(C)c1ccc(CC(=O)Nc2ccn(Cc3ccc(Br)cc3)n2)cc1. The molecule has 26 heavy (non-hydrogen) atoms. The molecule has 0 aliphatic heterocycles. The van der Waals surface area contributed by atoms with Gasteiger partial charge >= 0.3 is 0 Å². The predicted octanol–water partition coefficient (Wildman–Crippen LogP) is 3.94. The molecule has 1 amide bonds. The molecular weight excluding hydrogens is 392 g/mol. The molecule has 0 spiro atoms. The molecule has 1 heterocycles. The third-order valence-corrected chi connectivity index (χ3v) is 4.51. The Kier molecular flexibility index (Phi) is 5.73. The minimum Gasteiger partial charge on any atom is -0.378 e. The maximum Gasteiger partial charge on any atom is 0.229 e. The summed E-state index contributed by atoms with van der Waals surface area (Å²) in [5.41, 5.74) is 3.23. The van der Waals surface area contributed by atoms with E-state index in [1.165, 1.54) is 0 Å². The summed E-state index contributed by atoms with van der Waals surface area (Å²) in [6.07, 6.45) is 2.19. The Labute approximate surface area is 161 Å². The van der Waals surface area contributed by atoms with E-state index in [0.29, 0.717) is 18.8 Å². The van der Waals surface area contributed by atoms with Crippen molar-refractivity contribution in [3.63, 3.8) is 0 Å². The highest BCUT2D eigenvalue weighted by Gasteiger charge is 2.07. The first-order chi connectivity index (χ1) is 12.5. The van der Waals surface area contributed by atoms with Gasteiger partial charge < -0.3 is 10.2 Å². The van der Waals surface area contributed by atoms with Gasteiger partial charge in [-0.3, -0.25) is 9.48 Å². The lowest BCUT2D eigenvalue weighted by Gasteiger charge is -2.12. The van der Waals surface area contributed by atoms with E-state index in [4.69, 9.17) is 0 Å². The van der Waals surface area contributed by atoms with Crippen LogP contribution >= 0.6 is 15.9 Å². The van der Waals surface area contributed by atoms with E-state index < -0.39 is 0 Å². The summed E-state index contributed by atoms with van der Waals surface area (Å²) in [6, 6.07) is 17.9. The van der Waals surface area contributed by atoms with Gasteiger partial charge in [0, 0.05) is 36.5 Å². The molecule has 0 bridgehead atoms. The van der Waals surface area contributed by atoms with Gasteiger partial charge in [0.25, 0.3) is 0 Å². The fourth-order valence-electron chi connectivity index (χ4n) is 2.58. The number of anilines is 2. The van der Waals surface area contributed by atoms with Crippen LogP contribution in [0.3, 0.4) is 0 Å². The first-order valence-electron chi connectivity index (χ1n) is 8.33. The molecule has 3 aromatic rings. The zero-order chi connectivity index (χ0) is 18.5. The number of benzene rings is 2. The van der Waals surface area contributed by atoms with E-state index in [-0.39, 0.29) is 5.91 Å². The summed E-state index contributed by atoms with van der Waals surface area (Å²) < 4.78 is 2.86. The molecule has 1 aromatic heterocycles. The lowest BCUT2D eigenvalue weighted by Crippen LogP contribution is -2.15. The van der Waals surface area contributed by atoms with Gasteiger partial charge in [0.1, 0.15) is 0 Å². The van der Waals surface area contributed by atoms with Crippen LogP contribution in [-0.2, 0) is 17.8 Å². The molecule has 1 N–H and O–H groups in total. The fraction of sp³-hybridized carbons (Fsp3) is 0.200. The lowest BCUT2D eigenvalue weighted by atomic mass is 10.1. The quantitative estimate of drug-likeness (QED) is 0.666. The van der Waals surface area contributed by atoms with E-state index in [2.05, 4.69) is 26.3 Å². The summed E-state index contributed by atoms with van der Waals surface area (Å²) in [6.45, 7) is 0.662. The maximum absolute atomic E-state index is 12.2. The van der Waals surface area contributed by atoms with Gasteiger partial charge in [0.15, 0.2) is 5.82 Å². The van der Waals surface area contributed by atoms with Gasteiger partial charge in [-0.25, -0.2) is 0 Å². The normalized spacial score (nSPS) is 10.6. The van der Waals surface area contributed by atoms with Crippen molar-refractivity contribution in [3.05, 3.63) is 76.4 Å². The number of nitrogens with zero attached hydrogens (tertiary/aromatic N) is 3. The van der Waals surface area contributed by atoms with Crippen molar-refractivity contribution < 1.29 is 4.79 Å². The number of amides is 1. The molecule has 0 fully saturated rings. The number of halogens is 1. The van der Waals surface area contributed by atoms with Gasteiger partial charge in [-0.2, -0.15) is 5.10 Å². The van der Waals surface area contributed by atoms with E-state index >= 15 is 0 Å². The molecule has 0 radical (unpaired) electrons. The summed E-state index contributed by atoms with van der Waals surface area (Å²) in [5.74, 6) is 0.494. The lowest BCUT2D eigenvalue weighted by molar-refractivity contribution is -0.115. The van der Waals surface area contributed by atoms with Crippen LogP contribution in [0.25, 0.3) is 0 Å². The average molecular weight is 413 g/mol. The van der Waals surface area contributed by atoms with Crippen LogP contribution in [0.5, 0.6) is 0 Å². The standard InChI is InChI=1S/C20H21BrN4O/c1-24(2)18-9-5-15(6-10-18)13-20(26)22-19-11-12-25(23-19)14-16-3-7-17(21)8-4-16/h3-12H,13-14H2,1-2H3,(H,22,23,26). The Morgan fingerprint density at radius 3 is 2.35 bits per heavy atom. The van der Waals surface area contributed by atoms with E-state index in [9.17, 15) is 4.79 Å². The Morgan fingerprint density at radius 1 is 1.04 bits per heavy atom. The minimum absolute atomic E-state index is 0.0727. The average Bonchev–Trinajstić information content (AvgIpc) is 3.04. The van der Waals surface area contributed by atoms with Crippen molar-refractivity contribution in [2.24, 2.45) is 0 Å². The largest absolute Gasteiger partial charge is 0.378 e. The maximum atomic E-state index is 12.2. The number of aromatic nitrogens is 2. The molecular formula is C20H21BrN4O. The molecule has 0 aliphatic rings. The molecule has 3 rings (SSSR count). The Hall–Kier alpha value is -2.60. The molecule has 6 heteroatoms. The van der Waals surface area contributed by atoms with Crippen molar-refractivity contribution in [1.82, 2.24) is 9.78 Å². The number of hydrogen-bond acceptors (Lipinski definition) is 3. The van der Waals surface area contributed by atoms with Gasteiger partial charge in [0.05, 0.1) is 13.0 Å². The smallest absolute Gasteiger partial charge is 0.229 e. The topological polar surface area (TPSA) is 50.2 Å². The highest BCUT2D eigenvalue weighted by molar-refractivity contribution is 9.10. The van der Waals surface area contributed by atoms with Crippen molar-refractivity contribution in [3.8, 4) is 0 Å². The number of hydrogen-bond donors (Lipinski definition) is 1. The second-order valence-electron chi connectivity index (χ2n) is 6.31. The molecule has 0 aliphatic carbocycles. The van der Waals surface area contributed by atoms with E-state index in [0.717, 1.165) is 21.3 Å². The van der Waals surface area contributed by atoms with Crippen LogP contribution in [0.4, 0.5) is 11.5 Å². The van der Waals surface area contributed by atoms with Crippen LogP contribution in [0.1, 0.15) is 11.1 Å². The summed E-state index contributed by atoms with van der Waals surface area (Å²) in [5, 5.41) is 7.27. The van der Waals surface area contributed by atoms with Crippen LogP contribution in [-0.4, -0.2) is 29.8 Å². The number of carbonyl (C=O) groups excluding carboxylic acids is 1. The van der Waals surface area contributed by atoms with E-state index in [1.807, 2.05) is 84.5 Å². The Bertz CT molecular complexity index is 870. The fourth-order valence-corrected chi connectivity index (χ4v) is 2.84. The highest BCUT2D eigenvalue weighted by atomic mass is 79.9. The van der Waals surface area contributed by atoms with Crippen LogP contribution in [0.2, 0.25) is 0 Å². The third-order valence-electron chi connectivity index (χ3n) is 3.98. The molecule has 5 nitrogen and oxygen atoms in total. The van der Waals surface area contributed by atoms with Gasteiger partial charge in [-0.15, -0.1) is 0 Å². The van der Waals surface area contributed by atoms with Crippen LogP contribution in [0.15, 0.2) is 65.3 Å². The minimum atomic E-state index is -0.0727. The molecule has 2 aromatic carbocycles. The monoisotopic (exact) mass is 412 g/mol. The highest BCUT2D eigenvalue weighted by Crippen LogP contribution is 2.14. The van der Waals surface area contributed by atoms with Crippen molar-refractivity contribution in [1.29, 1.82) is 0 Å². The zero-order valence-corrected chi connectivity index (χ0v) is 16.4. The van der Waals surface area contributed by atoms with Crippen molar-refractivity contribution >= 4 is 33.3 Å². The Morgan fingerprint density at radius 2 is 1.69 bits per heavy atom. The second kappa shape index (κ2) is 8.19. The van der Waals surface area contributed by atoms with Crippen molar-refractivity contribution in [2.45, 2.75) is 13.0 Å². The summed E-state index contributed by atoms with van der Waals surface area (Å²) in [7, 11) is 3.98. The molecule has 0 unspecified atom stereocenters. The van der Waals surface area contributed by atoms with Gasteiger partial charge in [-0.1, -0.05) is 40.2 Å². The van der Waals surface area contributed by atoms with Gasteiger partial charge in [-0.05, 0) is 35.4 Å². The molecule has 0 saturated carbocycles. The van der Waals surface area contributed by atoms with Crippen LogP contribution in [0, 0.1) is 0 Å². The summed E-state index contributed by atoms with van der Waals surface area (Å²) in [4.78, 5) is 14.3. The third kappa shape index (κ3) is 4.95. The first kappa shape index (κ1) is 18.2. The summed E-state index contributed by atoms with van der Waals surface area (Å²) >= 11 is 3.43. The van der Waals surface area contributed by atoms with Gasteiger partial charge in [0.2, 0.25) is 5.91 Å². The molecule has 134 valence electrons. The number of carbonyl (C=O) groups is 1. The predicted molar refractivity (Wildman–Crippen MR) is 109 cm³/mol. The molecule has 0 saturated heterocycles. The molecule has 0 atom stereocenters.